The van der Waals surface area contributed by atoms with Crippen LogP contribution in [0.3, 0.4) is 0 Å². The van der Waals surface area contributed by atoms with Crippen LogP contribution in [0.4, 0.5) is 0 Å². The highest BCUT2D eigenvalue weighted by Gasteiger charge is 2.21. The van der Waals surface area contributed by atoms with Gasteiger partial charge in [0.05, 0.1) is 0 Å². The van der Waals surface area contributed by atoms with Crippen molar-refractivity contribution >= 4 is 18.3 Å². The van der Waals surface area contributed by atoms with E-state index in [1.807, 2.05) is 30.3 Å². The lowest BCUT2D eigenvalue weighted by molar-refractivity contribution is -0.122. The molecule has 3 unspecified atom stereocenters. The normalized spacial score (nSPS) is 23.5. The number of nitrogens with one attached hydrogen (secondary N) is 1. The van der Waals surface area contributed by atoms with Gasteiger partial charge in [0.1, 0.15) is 0 Å². The summed E-state index contributed by atoms with van der Waals surface area (Å²) in [6.45, 7) is 2.26. The molecule has 0 spiro atoms. The van der Waals surface area contributed by atoms with E-state index >= 15 is 0 Å². The average Bonchev–Trinajstić information content (AvgIpc) is 2.39. The lowest BCUT2D eigenvalue weighted by Crippen LogP contribution is -2.39. The number of hydrogen-bond donors (Lipinski definition) is 2. The molecule has 0 aliphatic heterocycles. The second kappa shape index (κ2) is 8.28. The van der Waals surface area contributed by atoms with E-state index in [9.17, 15) is 4.79 Å². The van der Waals surface area contributed by atoms with Gasteiger partial charge in [-0.25, -0.2) is 0 Å². The van der Waals surface area contributed by atoms with Gasteiger partial charge in [0.25, 0.3) is 0 Å². The standard InChI is InChI=1S/C16H24N2O.ClH/c1-12-6-5-9-14(10-12)18-16(19)11-15(17)13-7-3-2-4-8-13;/h2-4,7-8,12,14-15H,5-6,9-11,17H2,1H3,(H,18,19);1H. The van der Waals surface area contributed by atoms with Crippen molar-refractivity contribution in [2.75, 3.05) is 0 Å². The largest absolute Gasteiger partial charge is 0.353 e. The number of nitrogens with two attached hydrogens (primary N) is 1. The Morgan fingerprint density at radius 3 is 2.70 bits per heavy atom. The van der Waals surface area contributed by atoms with Crippen molar-refractivity contribution in [3.63, 3.8) is 0 Å². The maximum atomic E-state index is 12.0. The topological polar surface area (TPSA) is 55.1 Å². The highest BCUT2D eigenvalue weighted by Crippen LogP contribution is 2.23. The Balaban J connectivity index is 0.00000200. The Kier molecular flexibility index (Phi) is 7.03. The van der Waals surface area contributed by atoms with E-state index in [4.69, 9.17) is 5.73 Å². The first-order valence-corrected chi connectivity index (χ1v) is 7.25. The molecule has 2 rings (SSSR count). The molecule has 1 aromatic carbocycles. The lowest BCUT2D eigenvalue weighted by Gasteiger charge is -2.27. The Morgan fingerprint density at radius 2 is 2.05 bits per heavy atom. The van der Waals surface area contributed by atoms with Crippen molar-refractivity contribution in [2.24, 2.45) is 11.7 Å². The summed E-state index contributed by atoms with van der Waals surface area (Å²) < 4.78 is 0. The number of amides is 1. The first-order chi connectivity index (χ1) is 9.15. The molecule has 1 aliphatic rings. The first-order valence-electron chi connectivity index (χ1n) is 7.25. The maximum absolute atomic E-state index is 12.0. The van der Waals surface area contributed by atoms with Crippen LogP contribution in [0.5, 0.6) is 0 Å². The highest BCUT2D eigenvalue weighted by atomic mass is 35.5. The summed E-state index contributed by atoms with van der Waals surface area (Å²) in [6, 6.07) is 9.95. The van der Waals surface area contributed by atoms with Crippen LogP contribution in [0.15, 0.2) is 30.3 Å². The summed E-state index contributed by atoms with van der Waals surface area (Å²) in [5.41, 5.74) is 7.09. The van der Waals surface area contributed by atoms with Gasteiger partial charge >= 0.3 is 0 Å². The number of rotatable bonds is 4. The van der Waals surface area contributed by atoms with E-state index in [1.54, 1.807) is 0 Å². The van der Waals surface area contributed by atoms with Crippen LogP contribution in [-0.2, 0) is 4.79 Å². The highest BCUT2D eigenvalue weighted by molar-refractivity contribution is 5.85. The van der Waals surface area contributed by atoms with Gasteiger partial charge in [0, 0.05) is 18.5 Å². The zero-order valence-corrected chi connectivity index (χ0v) is 12.9. The second-order valence-electron chi connectivity index (χ2n) is 5.76. The summed E-state index contributed by atoms with van der Waals surface area (Å²) in [5.74, 6) is 0.803. The molecule has 1 fully saturated rings. The molecule has 0 bridgehead atoms. The molecule has 3 atom stereocenters. The zero-order chi connectivity index (χ0) is 13.7. The number of benzene rings is 1. The summed E-state index contributed by atoms with van der Waals surface area (Å²) in [6.07, 6.45) is 5.09. The molecule has 1 amide bonds. The quantitative estimate of drug-likeness (QED) is 0.896. The second-order valence-corrected chi connectivity index (χ2v) is 5.76. The van der Waals surface area contributed by atoms with Crippen molar-refractivity contribution in [1.29, 1.82) is 0 Å². The third-order valence-corrected chi connectivity index (χ3v) is 3.93. The van der Waals surface area contributed by atoms with Gasteiger partial charge in [0.15, 0.2) is 0 Å². The third-order valence-electron chi connectivity index (χ3n) is 3.93. The molecule has 112 valence electrons. The van der Waals surface area contributed by atoms with Crippen molar-refractivity contribution in [3.05, 3.63) is 35.9 Å². The predicted molar refractivity (Wildman–Crippen MR) is 84.8 cm³/mol. The molecule has 3 nitrogen and oxygen atoms in total. The third kappa shape index (κ3) is 5.14. The van der Waals surface area contributed by atoms with Crippen LogP contribution in [0.2, 0.25) is 0 Å². The number of hydrogen-bond acceptors (Lipinski definition) is 2. The zero-order valence-electron chi connectivity index (χ0n) is 12.0. The van der Waals surface area contributed by atoms with E-state index < -0.39 is 0 Å². The van der Waals surface area contributed by atoms with Crippen molar-refractivity contribution < 1.29 is 4.79 Å². The van der Waals surface area contributed by atoms with Crippen LogP contribution in [0.25, 0.3) is 0 Å². The molecular formula is C16H25ClN2O. The van der Waals surface area contributed by atoms with Gasteiger partial charge in [-0.3, -0.25) is 4.79 Å². The monoisotopic (exact) mass is 296 g/mol. The number of carbonyl (C=O) groups is 1. The fraction of sp³-hybridized carbons (Fsp3) is 0.562. The lowest BCUT2D eigenvalue weighted by atomic mass is 9.87. The average molecular weight is 297 g/mol. The number of halogens is 1. The van der Waals surface area contributed by atoms with E-state index in [0.717, 1.165) is 24.3 Å². The van der Waals surface area contributed by atoms with Crippen LogP contribution in [0, 0.1) is 5.92 Å². The van der Waals surface area contributed by atoms with Crippen LogP contribution in [0.1, 0.15) is 50.6 Å². The molecule has 20 heavy (non-hydrogen) atoms. The van der Waals surface area contributed by atoms with Gasteiger partial charge in [-0.2, -0.15) is 0 Å². The summed E-state index contributed by atoms with van der Waals surface area (Å²) in [5, 5.41) is 3.13. The minimum atomic E-state index is -0.206. The molecule has 0 saturated heterocycles. The van der Waals surface area contributed by atoms with Gasteiger partial charge in [0.2, 0.25) is 5.91 Å². The summed E-state index contributed by atoms with van der Waals surface area (Å²) in [4.78, 5) is 12.0. The van der Waals surface area contributed by atoms with Crippen LogP contribution < -0.4 is 11.1 Å². The molecular weight excluding hydrogens is 272 g/mol. The predicted octanol–water partition coefficient (Wildman–Crippen LogP) is 3.19. The van der Waals surface area contributed by atoms with E-state index in [0.29, 0.717) is 12.5 Å². The number of carbonyl (C=O) groups excluding carboxylic acids is 1. The summed E-state index contributed by atoms with van der Waals surface area (Å²) >= 11 is 0. The smallest absolute Gasteiger partial charge is 0.222 e. The molecule has 3 N–H and O–H groups in total. The van der Waals surface area contributed by atoms with Gasteiger partial charge in [-0.15, -0.1) is 12.4 Å². The molecule has 1 aromatic rings. The van der Waals surface area contributed by atoms with E-state index in [1.165, 1.54) is 12.8 Å². The van der Waals surface area contributed by atoms with E-state index in [2.05, 4.69) is 12.2 Å². The fourth-order valence-electron chi connectivity index (χ4n) is 2.87. The van der Waals surface area contributed by atoms with Crippen molar-refractivity contribution in [3.8, 4) is 0 Å². The minimum absolute atomic E-state index is 0. The molecule has 0 heterocycles. The molecule has 1 aliphatic carbocycles. The minimum Gasteiger partial charge on any atom is -0.353 e. The molecule has 1 saturated carbocycles. The Labute approximate surface area is 127 Å². The molecule has 4 heteroatoms. The van der Waals surface area contributed by atoms with Gasteiger partial charge in [-0.05, 0) is 24.3 Å². The Morgan fingerprint density at radius 1 is 1.35 bits per heavy atom. The Bertz CT molecular complexity index is 410. The summed E-state index contributed by atoms with van der Waals surface area (Å²) in [7, 11) is 0. The Hall–Kier alpha value is -1.06. The van der Waals surface area contributed by atoms with E-state index in [-0.39, 0.29) is 24.4 Å². The SMILES string of the molecule is CC1CCCC(NC(=O)CC(N)c2ccccc2)C1.Cl. The fourth-order valence-corrected chi connectivity index (χ4v) is 2.87. The maximum Gasteiger partial charge on any atom is 0.222 e. The molecule has 0 radical (unpaired) electrons. The first kappa shape index (κ1) is 17.0. The van der Waals surface area contributed by atoms with Crippen LogP contribution >= 0.6 is 12.4 Å². The molecule has 0 aromatic heterocycles. The van der Waals surface area contributed by atoms with Gasteiger partial charge < -0.3 is 11.1 Å². The van der Waals surface area contributed by atoms with Crippen molar-refractivity contribution in [1.82, 2.24) is 5.32 Å². The van der Waals surface area contributed by atoms with Gasteiger partial charge in [-0.1, -0.05) is 50.1 Å². The van der Waals surface area contributed by atoms with Crippen molar-refractivity contribution in [2.45, 2.75) is 51.1 Å². The van der Waals surface area contributed by atoms with Crippen LogP contribution in [-0.4, -0.2) is 11.9 Å².